The first-order valence-corrected chi connectivity index (χ1v) is 10.4. The minimum atomic E-state index is -0.692. The fourth-order valence-electron chi connectivity index (χ4n) is 4.22. The molecule has 150 valence electrons. The third-order valence-corrected chi connectivity index (χ3v) is 5.76. The van der Waals surface area contributed by atoms with Crippen LogP contribution in [0.15, 0.2) is 89.5 Å². The van der Waals surface area contributed by atoms with Gasteiger partial charge in [-0.3, -0.25) is 4.57 Å². The van der Waals surface area contributed by atoms with Crippen LogP contribution in [0.5, 0.6) is 0 Å². The molecule has 0 amide bonds. The van der Waals surface area contributed by atoms with Crippen LogP contribution < -0.4 is 0 Å². The maximum Gasteiger partial charge on any atom is 0.178 e. The van der Waals surface area contributed by atoms with Gasteiger partial charge in [-0.2, -0.15) is 0 Å². The maximum absolute atomic E-state index is 8.38. The molecule has 6 aromatic rings. The summed E-state index contributed by atoms with van der Waals surface area (Å²) >= 11 is 0. The second-order valence-electron chi connectivity index (χ2n) is 7.95. The summed E-state index contributed by atoms with van der Waals surface area (Å²) < 4.78 is 16.9. The van der Waals surface area contributed by atoms with Gasteiger partial charge in [-0.25, -0.2) is 9.97 Å². The van der Waals surface area contributed by atoms with Crippen LogP contribution in [0.1, 0.15) is 26.7 Å². The maximum atomic E-state index is 8.38. The van der Waals surface area contributed by atoms with Crippen molar-refractivity contribution in [2.75, 3.05) is 0 Å². The van der Waals surface area contributed by atoms with E-state index in [4.69, 9.17) is 10.8 Å². The second-order valence-corrected chi connectivity index (χ2v) is 7.95. The van der Waals surface area contributed by atoms with E-state index < -0.39 is 5.89 Å². The molecule has 31 heavy (non-hydrogen) atoms. The van der Waals surface area contributed by atoms with Crippen molar-refractivity contribution in [3.05, 3.63) is 90.6 Å². The molecule has 0 radical (unpaired) electrons. The highest BCUT2D eigenvalue weighted by atomic mass is 16.3. The van der Waals surface area contributed by atoms with Crippen molar-refractivity contribution in [3.8, 4) is 17.1 Å². The fraction of sp³-hybridized carbons (Fsp3) is 0.111. The molecule has 0 fully saturated rings. The molecular formula is C27H21N3O. The summed E-state index contributed by atoms with van der Waals surface area (Å²) in [7, 11) is 0. The Labute approximate surface area is 181 Å². The molecule has 0 bridgehead atoms. The number of para-hydroxylation sites is 2. The fourth-order valence-corrected chi connectivity index (χ4v) is 4.22. The van der Waals surface area contributed by atoms with E-state index in [0.29, 0.717) is 5.65 Å². The van der Waals surface area contributed by atoms with Crippen molar-refractivity contribution in [1.82, 2.24) is 14.5 Å². The van der Waals surface area contributed by atoms with Crippen LogP contribution >= 0.6 is 0 Å². The van der Waals surface area contributed by atoms with Crippen molar-refractivity contribution < 1.29 is 5.79 Å². The van der Waals surface area contributed by atoms with Gasteiger partial charge in [0.2, 0.25) is 0 Å². The summed E-state index contributed by atoms with van der Waals surface area (Å²) in [4.78, 5) is 9.39. The molecule has 0 aliphatic rings. The first-order chi connectivity index (χ1) is 15.5. The van der Waals surface area contributed by atoms with Crippen molar-refractivity contribution in [2.45, 2.75) is 19.7 Å². The summed E-state index contributed by atoms with van der Waals surface area (Å²) in [5.41, 5.74) is 6.06. The number of fused-ring (bicyclic) bond motifs is 4. The lowest BCUT2D eigenvalue weighted by Crippen LogP contribution is -1.97. The van der Waals surface area contributed by atoms with Gasteiger partial charge in [-0.15, -0.1) is 0 Å². The van der Waals surface area contributed by atoms with Gasteiger partial charge in [0.25, 0.3) is 0 Å². The quantitative estimate of drug-likeness (QED) is 0.316. The molecule has 6 rings (SSSR count). The van der Waals surface area contributed by atoms with Crippen molar-refractivity contribution in [1.29, 1.82) is 0 Å². The van der Waals surface area contributed by atoms with Gasteiger partial charge >= 0.3 is 0 Å². The van der Waals surface area contributed by atoms with Crippen LogP contribution in [0.4, 0.5) is 0 Å². The lowest BCUT2D eigenvalue weighted by atomic mass is 10.0. The summed E-state index contributed by atoms with van der Waals surface area (Å²) in [6.07, 6.45) is 1.76. The molecule has 4 heteroatoms. The van der Waals surface area contributed by atoms with E-state index in [9.17, 15) is 0 Å². The number of hydrogen-bond donors (Lipinski definition) is 0. The zero-order valence-corrected chi connectivity index (χ0v) is 17.3. The highest BCUT2D eigenvalue weighted by molar-refractivity contribution is 6.09. The molecule has 0 atom stereocenters. The van der Waals surface area contributed by atoms with Gasteiger partial charge in [0, 0.05) is 24.0 Å². The minimum absolute atomic E-state index is 0.692. The first-order valence-electron chi connectivity index (χ1n) is 10.9. The molecule has 3 heterocycles. The number of rotatable bonds is 3. The number of furan rings is 1. The molecule has 0 saturated carbocycles. The monoisotopic (exact) mass is 404 g/mol. The molecule has 4 nitrogen and oxygen atoms in total. The zero-order chi connectivity index (χ0) is 21.9. The average Bonchev–Trinajstić information content (AvgIpc) is 3.37. The van der Waals surface area contributed by atoms with E-state index in [-0.39, 0.29) is 0 Å². The Morgan fingerprint density at radius 1 is 0.903 bits per heavy atom. The molecule has 0 saturated heterocycles. The summed E-state index contributed by atoms with van der Waals surface area (Å²) in [6.45, 7) is 3.77. The lowest BCUT2D eigenvalue weighted by molar-refractivity contribution is 0.667. The topological polar surface area (TPSA) is 43.9 Å². The average molecular weight is 404 g/mol. The van der Waals surface area contributed by atoms with E-state index in [1.165, 1.54) is 0 Å². The number of hydrogen-bond acceptors (Lipinski definition) is 3. The van der Waals surface area contributed by atoms with Gasteiger partial charge in [0.05, 0.1) is 11.1 Å². The number of nitrogens with zero attached hydrogens (tertiary/aromatic N) is 3. The van der Waals surface area contributed by atoms with Gasteiger partial charge in [0.1, 0.15) is 11.2 Å². The number of imidazole rings is 1. The smallest absolute Gasteiger partial charge is 0.178 e. The number of pyridine rings is 1. The molecule has 0 aliphatic carbocycles. The molecule has 0 N–H and O–H groups in total. The Morgan fingerprint density at radius 2 is 1.77 bits per heavy atom. The van der Waals surface area contributed by atoms with E-state index >= 15 is 0 Å². The van der Waals surface area contributed by atoms with Crippen LogP contribution in [-0.4, -0.2) is 14.5 Å². The predicted molar refractivity (Wildman–Crippen MR) is 126 cm³/mol. The Hall–Kier alpha value is -3.92. The van der Waals surface area contributed by atoms with Crippen LogP contribution in [0.25, 0.3) is 50.2 Å². The van der Waals surface area contributed by atoms with Crippen molar-refractivity contribution in [2.24, 2.45) is 0 Å². The van der Waals surface area contributed by atoms with Crippen LogP contribution in [0.2, 0.25) is 0 Å². The normalized spacial score (nSPS) is 12.6. The number of benzene rings is 3. The van der Waals surface area contributed by atoms with Gasteiger partial charge in [0.15, 0.2) is 11.5 Å². The van der Waals surface area contributed by atoms with Crippen LogP contribution in [0, 0.1) is 0 Å². The highest BCUT2D eigenvalue weighted by Crippen LogP contribution is 2.38. The van der Waals surface area contributed by atoms with Crippen molar-refractivity contribution in [3.63, 3.8) is 0 Å². The van der Waals surface area contributed by atoms with E-state index in [1.54, 1.807) is 6.20 Å². The summed E-state index contributed by atoms with van der Waals surface area (Å²) in [5.74, 6) is 0.0961. The van der Waals surface area contributed by atoms with E-state index in [0.717, 1.165) is 50.1 Å². The molecule has 0 unspecified atom stereocenters. The van der Waals surface area contributed by atoms with E-state index in [2.05, 4.69) is 33.8 Å². The molecule has 0 spiro atoms. The summed E-state index contributed by atoms with van der Waals surface area (Å²) in [5, 5.41) is 2.07. The third-order valence-electron chi connectivity index (χ3n) is 5.76. The molecular weight excluding hydrogens is 382 g/mol. The number of aromatic nitrogens is 3. The minimum Gasteiger partial charge on any atom is -0.455 e. The second kappa shape index (κ2) is 6.81. The summed E-state index contributed by atoms with van der Waals surface area (Å²) in [6, 6.07) is 26.4. The van der Waals surface area contributed by atoms with Crippen LogP contribution in [0.3, 0.4) is 0 Å². The van der Waals surface area contributed by atoms with Gasteiger partial charge < -0.3 is 4.42 Å². The predicted octanol–water partition coefficient (Wildman–Crippen LogP) is 7.11. The Kier molecular flexibility index (Phi) is 3.70. The van der Waals surface area contributed by atoms with Gasteiger partial charge in [-0.1, -0.05) is 56.3 Å². The highest BCUT2D eigenvalue weighted by Gasteiger charge is 2.20. The molecule has 3 aromatic heterocycles. The van der Waals surface area contributed by atoms with E-state index in [1.807, 2.05) is 68.4 Å². The van der Waals surface area contributed by atoms with Gasteiger partial charge in [-0.05, 0) is 47.9 Å². The largest absolute Gasteiger partial charge is 0.455 e. The standard InChI is InChI=1S/C27H21N3O/c1-17(2)18-13-14-20-21-10-6-11-22(25(21)31-24(20)16-18)27-29-26-23(12-7-15-28-26)30(27)19-8-4-3-5-9-19/h3-17H,1-2H3/i17D. The Bertz CT molecular complexity index is 1610. The van der Waals surface area contributed by atoms with Crippen LogP contribution in [-0.2, 0) is 0 Å². The molecule has 0 aliphatic heterocycles. The lowest BCUT2D eigenvalue weighted by Gasteiger charge is -2.09. The Morgan fingerprint density at radius 3 is 2.61 bits per heavy atom. The Balaban J connectivity index is 1.67. The first kappa shape index (κ1) is 16.8. The molecule has 3 aromatic carbocycles. The SMILES string of the molecule is [2H]C(C)(C)c1ccc2c(c1)oc1c(-c3nc4ncccc4n3-c3ccccc3)cccc12. The third kappa shape index (κ3) is 2.76. The van der Waals surface area contributed by atoms with Crippen molar-refractivity contribution >= 4 is 33.1 Å². The zero-order valence-electron chi connectivity index (χ0n) is 18.3.